The van der Waals surface area contributed by atoms with E-state index in [0.29, 0.717) is 6.04 Å². The van der Waals surface area contributed by atoms with Gasteiger partial charge < -0.3 is 5.73 Å². The number of hydrogen-bond donors (Lipinski definition) is 1. The minimum absolute atomic E-state index is 0.474. The molecule has 3 rings (SSSR count). The molecule has 0 saturated heterocycles. The van der Waals surface area contributed by atoms with E-state index in [1.807, 2.05) is 11.3 Å². The zero-order valence-electron chi connectivity index (χ0n) is 10.3. The molecule has 2 aliphatic carbocycles. The number of nitrogens with zero attached hydrogens (tertiary/aromatic N) is 1. The highest BCUT2D eigenvalue weighted by Gasteiger charge is 2.32. The molecule has 2 unspecified atom stereocenters. The monoisotopic (exact) mass is 250 g/mol. The van der Waals surface area contributed by atoms with Gasteiger partial charge in [0, 0.05) is 25.2 Å². The molecule has 2 atom stereocenters. The standard InChI is InChI=1S/C14H22N2S/c15-13-2-1-11(7-13)8-16(14-3-4-14)9-12-5-6-17-10-12/h5-6,10-11,13-14H,1-4,7-9,15H2. The van der Waals surface area contributed by atoms with Crippen molar-refractivity contribution in [3.8, 4) is 0 Å². The van der Waals surface area contributed by atoms with Crippen molar-refractivity contribution in [2.45, 2.75) is 50.7 Å². The molecule has 0 aliphatic heterocycles. The van der Waals surface area contributed by atoms with Gasteiger partial charge in [-0.25, -0.2) is 0 Å². The predicted octanol–water partition coefficient (Wildman–Crippen LogP) is 2.84. The van der Waals surface area contributed by atoms with E-state index in [1.54, 1.807) is 0 Å². The molecular weight excluding hydrogens is 228 g/mol. The van der Waals surface area contributed by atoms with Crippen molar-refractivity contribution in [1.29, 1.82) is 0 Å². The van der Waals surface area contributed by atoms with E-state index < -0.39 is 0 Å². The van der Waals surface area contributed by atoms with Gasteiger partial charge in [-0.05, 0) is 60.4 Å². The van der Waals surface area contributed by atoms with Crippen LogP contribution in [0.15, 0.2) is 16.8 Å². The van der Waals surface area contributed by atoms with Gasteiger partial charge in [-0.2, -0.15) is 11.3 Å². The van der Waals surface area contributed by atoms with Crippen LogP contribution in [0.2, 0.25) is 0 Å². The SMILES string of the molecule is NC1CCC(CN(Cc2ccsc2)C2CC2)C1. The van der Waals surface area contributed by atoms with E-state index in [0.717, 1.165) is 18.5 Å². The first-order chi connectivity index (χ1) is 8.31. The Labute approximate surface area is 108 Å². The first kappa shape index (κ1) is 11.7. The summed E-state index contributed by atoms with van der Waals surface area (Å²) in [6.45, 7) is 2.42. The minimum atomic E-state index is 0.474. The highest BCUT2D eigenvalue weighted by molar-refractivity contribution is 7.07. The Bertz CT molecular complexity index is 345. The molecule has 2 N–H and O–H groups in total. The van der Waals surface area contributed by atoms with Crippen LogP contribution in [0.25, 0.3) is 0 Å². The number of nitrogens with two attached hydrogens (primary N) is 1. The summed E-state index contributed by atoms with van der Waals surface area (Å²) in [5.41, 5.74) is 7.50. The van der Waals surface area contributed by atoms with Crippen molar-refractivity contribution in [2.75, 3.05) is 6.54 Å². The highest BCUT2D eigenvalue weighted by Crippen LogP contribution is 2.32. The molecule has 3 heteroatoms. The van der Waals surface area contributed by atoms with Crippen molar-refractivity contribution in [2.24, 2.45) is 11.7 Å². The van der Waals surface area contributed by atoms with Crippen molar-refractivity contribution in [3.63, 3.8) is 0 Å². The summed E-state index contributed by atoms with van der Waals surface area (Å²) in [5, 5.41) is 4.47. The largest absolute Gasteiger partial charge is 0.328 e. The van der Waals surface area contributed by atoms with Crippen molar-refractivity contribution < 1.29 is 0 Å². The molecule has 0 aromatic carbocycles. The normalized spacial score (nSPS) is 29.1. The topological polar surface area (TPSA) is 29.3 Å². The van der Waals surface area contributed by atoms with Crippen LogP contribution in [0.4, 0.5) is 0 Å². The zero-order valence-corrected chi connectivity index (χ0v) is 11.2. The molecule has 0 spiro atoms. The summed E-state index contributed by atoms with van der Waals surface area (Å²) in [7, 11) is 0. The predicted molar refractivity (Wildman–Crippen MR) is 73.1 cm³/mol. The fourth-order valence-corrected chi connectivity index (χ4v) is 3.67. The van der Waals surface area contributed by atoms with Gasteiger partial charge in [0.05, 0.1) is 0 Å². The third kappa shape index (κ3) is 3.09. The van der Waals surface area contributed by atoms with Gasteiger partial charge in [-0.3, -0.25) is 4.90 Å². The summed E-state index contributed by atoms with van der Waals surface area (Å²) >= 11 is 1.81. The molecule has 1 heterocycles. The smallest absolute Gasteiger partial charge is 0.0245 e. The van der Waals surface area contributed by atoms with Crippen molar-refractivity contribution in [1.82, 2.24) is 4.90 Å². The first-order valence-corrected chi connectivity index (χ1v) is 7.76. The molecule has 2 fully saturated rings. The average molecular weight is 250 g/mol. The Balaban J connectivity index is 1.56. The third-order valence-electron chi connectivity index (χ3n) is 4.10. The Morgan fingerprint density at radius 3 is 2.76 bits per heavy atom. The van der Waals surface area contributed by atoms with Crippen molar-refractivity contribution >= 4 is 11.3 Å². The molecule has 1 aromatic rings. The average Bonchev–Trinajstić information content (AvgIpc) is 2.89. The van der Waals surface area contributed by atoms with Gasteiger partial charge in [-0.15, -0.1) is 0 Å². The lowest BCUT2D eigenvalue weighted by Gasteiger charge is -2.25. The van der Waals surface area contributed by atoms with Crippen LogP contribution in [-0.2, 0) is 6.54 Å². The summed E-state index contributed by atoms with van der Waals surface area (Å²) in [6, 6.07) is 3.61. The van der Waals surface area contributed by atoms with Crippen LogP contribution >= 0.6 is 11.3 Å². The van der Waals surface area contributed by atoms with E-state index in [4.69, 9.17) is 5.73 Å². The maximum Gasteiger partial charge on any atom is 0.0245 e. The van der Waals surface area contributed by atoms with E-state index in [9.17, 15) is 0 Å². The lowest BCUT2D eigenvalue weighted by molar-refractivity contribution is 0.213. The lowest BCUT2D eigenvalue weighted by Crippen LogP contribution is -2.31. The fraction of sp³-hybridized carbons (Fsp3) is 0.714. The fourth-order valence-electron chi connectivity index (χ4n) is 3.01. The summed E-state index contributed by atoms with van der Waals surface area (Å²) < 4.78 is 0. The van der Waals surface area contributed by atoms with Crippen LogP contribution in [-0.4, -0.2) is 23.5 Å². The Hall–Kier alpha value is -0.380. The molecule has 2 aliphatic rings. The van der Waals surface area contributed by atoms with Gasteiger partial charge in [0.2, 0.25) is 0 Å². The number of hydrogen-bond acceptors (Lipinski definition) is 3. The Kier molecular flexibility index (Phi) is 3.50. The maximum atomic E-state index is 6.01. The van der Waals surface area contributed by atoms with E-state index in [2.05, 4.69) is 21.7 Å². The Morgan fingerprint density at radius 1 is 1.29 bits per heavy atom. The summed E-state index contributed by atoms with van der Waals surface area (Å²) in [5.74, 6) is 0.851. The number of rotatable bonds is 5. The molecule has 0 amide bonds. The molecule has 2 saturated carbocycles. The van der Waals surface area contributed by atoms with Crippen LogP contribution in [0.3, 0.4) is 0 Å². The Morgan fingerprint density at radius 2 is 2.18 bits per heavy atom. The maximum absolute atomic E-state index is 6.01. The second-order valence-electron chi connectivity index (χ2n) is 5.73. The van der Waals surface area contributed by atoms with Gasteiger partial charge in [0.25, 0.3) is 0 Å². The molecule has 17 heavy (non-hydrogen) atoms. The molecule has 1 aromatic heterocycles. The van der Waals surface area contributed by atoms with Crippen LogP contribution in [0, 0.1) is 5.92 Å². The molecular formula is C14H22N2S. The molecule has 0 radical (unpaired) electrons. The zero-order chi connectivity index (χ0) is 11.7. The van der Waals surface area contributed by atoms with Gasteiger partial charge in [0.1, 0.15) is 0 Å². The summed E-state index contributed by atoms with van der Waals surface area (Å²) in [4.78, 5) is 2.70. The molecule has 2 nitrogen and oxygen atoms in total. The highest BCUT2D eigenvalue weighted by atomic mass is 32.1. The van der Waals surface area contributed by atoms with Crippen LogP contribution < -0.4 is 5.73 Å². The van der Waals surface area contributed by atoms with E-state index in [1.165, 1.54) is 44.2 Å². The van der Waals surface area contributed by atoms with E-state index >= 15 is 0 Å². The number of thiophene rings is 1. The van der Waals surface area contributed by atoms with Gasteiger partial charge in [-0.1, -0.05) is 0 Å². The minimum Gasteiger partial charge on any atom is -0.328 e. The summed E-state index contributed by atoms with van der Waals surface area (Å²) in [6.07, 6.45) is 6.63. The van der Waals surface area contributed by atoms with Gasteiger partial charge in [0.15, 0.2) is 0 Å². The van der Waals surface area contributed by atoms with Gasteiger partial charge >= 0.3 is 0 Å². The quantitative estimate of drug-likeness (QED) is 0.870. The first-order valence-electron chi connectivity index (χ1n) is 6.82. The third-order valence-corrected chi connectivity index (χ3v) is 4.84. The molecule has 0 bridgehead atoms. The van der Waals surface area contributed by atoms with Crippen molar-refractivity contribution in [3.05, 3.63) is 22.4 Å². The van der Waals surface area contributed by atoms with Crippen LogP contribution in [0.1, 0.15) is 37.7 Å². The van der Waals surface area contributed by atoms with E-state index in [-0.39, 0.29) is 0 Å². The lowest BCUT2D eigenvalue weighted by atomic mass is 10.1. The molecule has 94 valence electrons. The second-order valence-corrected chi connectivity index (χ2v) is 6.51. The second kappa shape index (κ2) is 5.09. The van der Waals surface area contributed by atoms with Crippen LogP contribution in [0.5, 0.6) is 0 Å².